The Morgan fingerprint density at radius 3 is 2.60 bits per heavy atom. The van der Waals surface area contributed by atoms with Gasteiger partial charge in [0, 0.05) is 36.9 Å². The number of hydrogen-bond donors (Lipinski definition) is 2. The zero-order valence-corrected chi connectivity index (χ0v) is 8.39. The first-order valence-corrected chi connectivity index (χ1v) is 4.97. The number of aliphatic hydroxyl groups is 1. The van der Waals surface area contributed by atoms with E-state index in [1.807, 2.05) is 12.1 Å². The van der Waals surface area contributed by atoms with Gasteiger partial charge in [0.25, 0.3) is 0 Å². The molecule has 1 aromatic carbocycles. The van der Waals surface area contributed by atoms with Crippen LogP contribution in [0, 0.1) is 5.92 Å². The summed E-state index contributed by atoms with van der Waals surface area (Å²) in [7, 11) is 0. The highest BCUT2D eigenvalue weighted by Gasteiger charge is 2.29. The van der Waals surface area contributed by atoms with Gasteiger partial charge in [0.1, 0.15) is 0 Å². The lowest BCUT2D eigenvalue weighted by molar-refractivity contribution is -0.117. The van der Waals surface area contributed by atoms with Crippen LogP contribution >= 0.6 is 0 Å². The van der Waals surface area contributed by atoms with E-state index in [9.17, 15) is 4.79 Å². The third-order valence-corrected chi connectivity index (χ3v) is 2.67. The van der Waals surface area contributed by atoms with E-state index < -0.39 is 0 Å². The Hall–Kier alpha value is -1.55. The van der Waals surface area contributed by atoms with Crippen LogP contribution in [0.5, 0.6) is 0 Å². The monoisotopic (exact) mass is 206 g/mol. The number of anilines is 2. The summed E-state index contributed by atoms with van der Waals surface area (Å²) >= 11 is 0. The molecule has 4 heteroatoms. The maximum Gasteiger partial charge on any atom is 0.227 e. The second-order valence-corrected chi connectivity index (χ2v) is 3.85. The van der Waals surface area contributed by atoms with Crippen molar-refractivity contribution >= 4 is 17.3 Å². The van der Waals surface area contributed by atoms with Gasteiger partial charge in [-0.25, -0.2) is 0 Å². The average Bonchev–Trinajstić information content (AvgIpc) is 2.61. The number of rotatable bonds is 2. The van der Waals surface area contributed by atoms with Gasteiger partial charge < -0.3 is 15.7 Å². The van der Waals surface area contributed by atoms with Crippen LogP contribution in [0.3, 0.4) is 0 Å². The topological polar surface area (TPSA) is 66.6 Å². The maximum atomic E-state index is 11.6. The molecule has 3 N–H and O–H groups in total. The van der Waals surface area contributed by atoms with E-state index in [0.717, 1.165) is 5.69 Å². The van der Waals surface area contributed by atoms with E-state index in [1.165, 1.54) is 0 Å². The molecule has 1 atom stereocenters. The zero-order chi connectivity index (χ0) is 10.8. The van der Waals surface area contributed by atoms with Crippen molar-refractivity contribution < 1.29 is 9.90 Å². The Morgan fingerprint density at radius 2 is 2.07 bits per heavy atom. The number of amides is 1. The van der Waals surface area contributed by atoms with Crippen LogP contribution in [-0.4, -0.2) is 24.2 Å². The van der Waals surface area contributed by atoms with Crippen LogP contribution in [0.25, 0.3) is 0 Å². The minimum atomic E-state index is 0.0649. The van der Waals surface area contributed by atoms with Crippen LogP contribution in [0.2, 0.25) is 0 Å². The number of hydrogen-bond acceptors (Lipinski definition) is 3. The van der Waals surface area contributed by atoms with Crippen molar-refractivity contribution in [3.63, 3.8) is 0 Å². The normalized spacial score (nSPS) is 21.0. The van der Waals surface area contributed by atoms with Gasteiger partial charge >= 0.3 is 0 Å². The molecule has 0 radical (unpaired) electrons. The quantitative estimate of drug-likeness (QED) is 0.697. The molecule has 0 spiro atoms. The Balaban J connectivity index is 2.18. The Kier molecular flexibility index (Phi) is 2.60. The lowest BCUT2D eigenvalue weighted by atomic mass is 10.1. The summed E-state index contributed by atoms with van der Waals surface area (Å²) < 4.78 is 0. The Labute approximate surface area is 88.3 Å². The molecule has 0 aliphatic carbocycles. The van der Waals surface area contributed by atoms with Crippen molar-refractivity contribution in [3.05, 3.63) is 24.3 Å². The molecule has 0 aromatic heterocycles. The predicted octanol–water partition coefficient (Wildman–Crippen LogP) is 0.614. The molecule has 1 aromatic rings. The number of aliphatic hydroxyl groups excluding tert-OH is 1. The molecule has 2 rings (SSSR count). The SMILES string of the molecule is Nc1ccc(N2CC(CO)CC2=O)cc1. The average molecular weight is 206 g/mol. The van der Waals surface area contributed by atoms with Gasteiger partial charge in [-0.15, -0.1) is 0 Å². The van der Waals surface area contributed by atoms with Crippen LogP contribution in [0.1, 0.15) is 6.42 Å². The molecule has 1 fully saturated rings. The third-order valence-electron chi connectivity index (χ3n) is 2.67. The molecule has 1 heterocycles. The summed E-state index contributed by atoms with van der Waals surface area (Å²) in [5, 5.41) is 8.99. The molecule has 1 amide bonds. The van der Waals surface area contributed by atoms with Crippen LogP contribution in [0.15, 0.2) is 24.3 Å². The van der Waals surface area contributed by atoms with Gasteiger partial charge in [-0.1, -0.05) is 0 Å². The lowest BCUT2D eigenvalue weighted by Gasteiger charge is -2.16. The summed E-state index contributed by atoms with van der Waals surface area (Å²) in [6.07, 6.45) is 0.431. The highest BCUT2D eigenvalue weighted by atomic mass is 16.3. The van der Waals surface area contributed by atoms with Crippen LogP contribution < -0.4 is 10.6 Å². The summed E-state index contributed by atoms with van der Waals surface area (Å²) in [6.45, 7) is 0.663. The number of nitrogens with zero attached hydrogens (tertiary/aromatic N) is 1. The van der Waals surface area contributed by atoms with Crippen LogP contribution in [-0.2, 0) is 4.79 Å². The van der Waals surface area contributed by atoms with Crippen molar-refractivity contribution in [3.8, 4) is 0 Å². The van der Waals surface area contributed by atoms with Gasteiger partial charge in [-0.3, -0.25) is 4.79 Å². The maximum absolute atomic E-state index is 11.6. The fraction of sp³-hybridized carbons (Fsp3) is 0.364. The third kappa shape index (κ3) is 1.94. The highest BCUT2D eigenvalue weighted by Crippen LogP contribution is 2.25. The Morgan fingerprint density at radius 1 is 1.40 bits per heavy atom. The first kappa shape index (κ1) is 9.98. The molecular weight excluding hydrogens is 192 g/mol. The molecule has 1 unspecified atom stereocenters. The number of nitrogens with two attached hydrogens (primary N) is 1. The fourth-order valence-corrected chi connectivity index (χ4v) is 1.81. The van der Waals surface area contributed by atoms with E-state index in [4.69, 9.17) is 10.8 Å². The number of nitrogen functional groups attached to an aromatic ring is 1. The van der Waals surface area contributed by atoms with E-state index in [2.05, 4.69) is 0 Å². The van der Waals surface area contributed by atoms with E-state index in [1.54, 1.807) is 17.0 Å². The molecule has 1 aliphatic heterocycles. The molecule has 15 heavy (non-hydrogen) atoms. The van der Waals surface area contributed by atoms with Crippen molar-refractivity contribution in [1.82, 2.24) is 0 Å². The number of carbonyl (C=O) groups excluding carboxylic acids is 1. The van der Waals surface area contributed by atoms with E-state index in [0.29, 0.717) is 18.7 Å². The van der Waals surface area contributed by atoms with Crippen molar-refractivity contribution in [1.29, 1.82) is 0 Å². The standard InChI is InChI=1S/C11H14N2O2/c12-9-1-3-10(4-2-9)13-6-8(7-14)5-11(13)15/h1-4,8,14H,5-7,12H2. The molecule has 4 nitrogen and oxygen atoms in total. The first-order chi connectivity index (χ1) is 7.20. The lowest BCUT2D eigenvalue weighted by Crippen LogP contribution is -2.24. The molecule has 0 saturated carbocycles. The molecule has 80 valence electrons. The molecule has 0 bridgehead atoms. The molecule has 1 aliphatic rings. The minimum absolute atomic E-state index is 0.0649. The van der Waals surface area contributed by atoms with Crippen molar-refractivity contribution in [2.75, 3.05) is 23.8 Å². The van der Waals surface area contributed by atoms with E-state index >= 15 is 0 Å². The fourth-order valence-electron chi connectivity index (χ4n) is 1.81. The van der Waals surface area contributed by atoms with E-state index in [-0.39, 0.29) is 18.4 Å². The number of benzene rings is 1. The van der Waals surface area contributed by atoms with Gasteiger partial charge in [-0.2, -0.15) is 0 Å². The zero-order valence-electron chi connectivity index (χ0n) is 8.39. The van der Waals surface area contributed by atoms with Gasteiger partial charge in [-0.05, 0) is 24.3 Å². The summed E-state index contributed by atoms with van der Waals surface area (Å²) in [6, 6.07) is 7.20. The predicted molar refractivity (Wildman–Crippen MR) is 58.4 cm³/mol. The highest BCUT2D eigenvalue weighted by molar-refractivity contribution is 5.95. The largest absolute Gasteiger partial charge is 0.399 e. The summed E-state index contributed by atoms with van der Waals surface area (Å²) in [5.74, 6) is 0.133. The second-order valence-electron chi connectivity index (χ2n) is 3.85. The minimum Gasteiger partial charge on any atom is -0.399 e. The van der Waals surface area contributed by atoms with Crippen LogP contribution in [0.4, 0.5) is 11.4 Å². The molecular formula is C11H14N2O2. The first-order valence-electron chi connectivity index (χ1n) is 4.97. The Bertz CT molecular complexity index is 361. The number of carbonyl (C=O) groups is 1. The van der Waals surface area contributed by atoms with Crippen molar-refractivity contribution in [2.24, 2.45) is 5.92 Å². The second kappa shape index (κ2) is 3.90. The van der Waals surface area contributed by atoms with Gasteiger partial charge in [0.2, 0.25) is 5.91 Å². The van der Waals surface area contributed by atoms with Crippen molar-refractivity contribution in [2.45, 2.75) is 6.42 Å². The van der Waals surface area contributed by atoms with Gasteiger partial charge in [0.05, 0.1) is 0 Å². The molecule has 1 saturated heterocycles. The van der Waals surface area contributed by atoms with Gasteiger partial charge in [0.15, 0.2) is 0 Å². The smallest absolute Gasteiger partial charge is 0.227 e. The summed E-state index contributed by atoms with van der Waals surface area (Å²) in [4.78, 5) is 13.3. The summed E-state index contributed by atoms with van der Waals surface area (Å²) in [5.41, 5.74) is 7.11.